The number of carbonyl (C=O) groups is 3. The first-order valence-corrected chi connectivity index (χ1v) is 9.32. The predicted molar refractivity (Wildman–Crippen MR) is 106 cm³/mol. The van der Waals surface area contributed by atoms with Gasteiger partial charge in [-0.15, -0.1) is 0 Å². The third kappa shape index (κ3) is 4.27. The van der Waals surface area contributed by atoms with Crippen molar-refractivity contribution in [1.29, 1.82) is 0 Å². The number of nitrogens with zero attached hydrogens (tertiary/aromatic N) is 2. The number of hydrogen-bond acceptors (Lipinski definition) is 6. The molecule has 0 spiro atoms. The first-order chi connectivity index (χ1) is 14.0. The lowest BCUT2D eigenvalue weighted by atomic mass is 9.91. The van der Waals surface area contributed by atoms with Gasteiger partial charge in [-0.2, -0.15) is 0 Å². The Bertz CT molecular complexity index is 945. The molecule has 2 aromatic rings. The molecule has 2 amide bonds. The zero-order valence-electron chi connectivity index (χ0n) is 16.1. The van der Waals surface area contributed by atoms with Crippen molar-refractivity contribution < 1.29 is 23.9 Å². The highest BCUT2D eigenvalue weighted by Crippen LogP contribution is 2.30. The van der Waals surface area contributed by atoms with Gasteiger partial charge in [0, 0.05) is 12.5 Å². The van der Waals surface area contributed by atoms with Crippen LogP contribution in [0.25, 0.3) is 11.1 Å². The number of allylic oxidation sites excluding steroid dienone is 2. The van der Waals surface area contributed by atoms with Gasteiger partial charge in [-0.1, -0.05) is 36.4 Å². The maximum Gasteiger partial charge on any atom is 0.266 e. The molecule has 1 fully saturated rings. The van der Waals surface area contributed by atoms with E-state index >= 15 is 0 Å². The number of para-hydroxylation sites is 2. The number of oxazole rings is 1. The number of ketones is 1. The second kappa shape index (κ2) is 8.83. The molecule has 1 aliphatic rings. The molecule has 8 heteroatoms. The van der Waals surface area contributed by atoms with Gasteiger partial charge in [0.15, 0.2) is 5.58 Å². The number of hydrogen-bond donors (Lipinski definition) is 2. The third-order valence-corrected chi connectivity index (χ3v) is 5.04. The average Bonchev–Trinajstić information content (AvgIpc) is 3.35. The van der Waals surface area contributed by atoms with E-state index in [2.05, 4.69) is 16.9 Å². The van der Waals surface area contributed by atoms with Crippen LogP contribution in [0.15, 0.2) is 53.0 Å². The number of aromatic nitrogens is 1. The number of nitrogens with one attached hydrogen (secondary N) is 1. The molecular weight excluding hydrogens is 374 g/mol. The molecule has 1 aromatic carbocycles. The van der Waals surface area contributed by atoms with Crippen molar-refractivity contribution in [2.75, 3.05) is 19.7 Å². The lowest BCUT2D eigenvalue weighted by Crippen LogP contribution is -2.50. The molecule has 2 N–H and O–H groups in total. The molecule has 1 saturated heterocycles. The van der Waals surface area contributed by atoms with Crippen molar-refractivity contribution in [2.45, 2.75) is 19.4 Å². The summed E-state index contributed by atoms with van der Waals surface area (Å²) in [6.07, 6.45) is 4.00. The number of aliphatic hydroxyl groups is 1. The molecule has 1 aliphatic heterocycles. The number of likely N-dealkylation sites (tertiary alicyclic amines) is 1. The van der Waals surface area contributed by atoms with Gasteiger partial charge in [-0.3, -0.25) is 14.4 Å². The van der Waals surface area contributed by atoms with Crippen LogP contribution in [0.5, 0.6) is 0 Å². The van der Waals surface area contributed by atoms with Crippen LogP contribution < -0.4 is 5.32 Å². The number of rotatable bonds is 7. The number of carbonyl (C=O) groups excluding carboxylic acids is 3. The van der Waals surface area contributed by atoms with Gasteiger partial charge in [-0.25, -0.2) is 4.98 Å². The molecule has 2 atom stereocenters. The largest absolute Gasteiger partial charge is 0.434 e. The number of benzene rings is 1. The molecule has 3 rings (SSSR count). The summed E-state index contributed by atoms with van der Waals surface area (Å²) < 4.78 is 5.43. The van der Waals surface area contributed by atoms with E-state index in [9.17, 15) is 19.5 Å². The van der Waals surface area contributed by atoms with Crippen LogP contribution >= 0.6 is 0 Å². The van der Waals surface area contributed by atoms with Crippen molar-refractivity contribution in [3.05, 3.63) is 54.5 Å². The van der Waals surface area contributed by atoms with E-state index in [0.717, 1.165) is 5.57 Å². The molecule has 2 heterocycles. The highest BCUT2D eigenvalue weighted by molar-refractivity contribution is 5.98. The Morgan fingerprint density at radius 1 is 1.38 bits per heavy atom. The highest BCUT2D eigenvalue weighted by atomic mass is 16.4. The molecule has 8 nitrogen and oxygen atoms in total. The summed E-state index contributed by atoms with van der Waals surface area (Å²) in [6.45, 7) is 4.90. The Morgan fingerprint density at radius 2 is 2.14 bits per heavy atom. The van der Waals surface area contributed by atoms with Gasteiger partial charge in [0.2, 0.25) is 17.6 Å². The Labute approximate surface area is 167 Å². The molecule has 0 radical (unpaired) electrons. The molecule has 0 saturated carbocycles. The summed E-state index contributed by atoms with van der Waals surface area (Å²) in [7, 11) is 0. The number of Topliss-reactive ketones (excluding diaryl/α,β-unsaturated/α-hetero) is 1. The zero-order valence-corrected chi connectivity index (χ0v) is 16.1. The molecule has 0 bridgehead atoms. The lowest BCUT2D eigenvalue weighted by molar-refractivity contribution is -0.141. The maximum absolute atomic E-state index is 12.9. The van der Waals surface area contributed by atoms with Crippen molar-refractivity contribution in [3.8, 4) is 0 Å². The Hall–Kier alpha value is -3.26. The quantitative estimate of drug-likeness (QED) is 0.540. The summed E-state index contributed by atoms with van der Waals surface area (Å²) >= 11 is 0. The van der Waals surface area contributed by atoms with Crippen LogP contribution in [0.4, 0.5) is 0 Å². The van der Waals surface area contributed by atoms with Crippen LogP contribution in [0.3, 0.4) is 0 Å². The van der Waals surface area contributed by atoms with Gasteiger partial charge < -0.3 is 19.7 Å². The van der Waals surface area contributed by atoms with Gasteiger partial charge in [-0.05, 0) is 25.5 Å². The fraction of sp³-hybridized carbons (Fsp3) is 0.333. The summed E-state index contributed by atoms with van der Waals surface area (Å²) in [4.78, 5) is 42.8. The second-order valence-corrected chi connectivity index (χ2v) is 6.86. The molecule has 1 unspecified atom stereocenters. The Morgan fingerprint density at radius 3 is 2.83 bits per heavy atom. The minimum absolute atomic E-state index is 0.0829. The fourth-order valence-corrected chi connectivity index (χ4v) is 3.61. The maximum atomic E-state index is 12.9. The van der Waals surface area contributed by atoms with Crippen LogP contribution in [-0.2, 0) is 9.59 Å². The van der Waals surface area contributed by atoms with Crippen LogP contribution in [0.1, 0.15) is 24.0 Å². The number of amides is 2. The average molecular weight is 397 g/mol. The normalized spacial score (nSPS) is 19.4. The first-order valence-electron chi connectivity index (χ1n) is 9.32. The van der Waals surface area contributed by atoms with E-state index in [1.165, 1.54) is 4.90 Å². The number of fused-ring (bicyclic) bond motifs is 1. The predicted octanol–water partition coefficient (Wildman–Crippen LogP) is 1.47. The number of aliphatic hydroxyl groups excluding tert-OH is 1. The van der Waals surface area contributed by atoms with E-state index in [1.54, 1.807) is 36.4 Å². The van der Waals surface area contributed by atoms with Gasteiger partial charge >= 0.3 is 0 Å². The smallest absolute Gasteiger partial charge is 0.266 e. The van der Waals surface area contributed by atoms with Gasteiger partial charge in [0.05, 0.1) is 6.54 Å². The van der Waals surface area contributed by atoms with Crippen molar-refractivity contribution in [1.82, 2.24) is 15.2 Å². The first kappa shape index (κ1) is 20.5. The fourth-order valence-electron chi connectivity index (χ4n) is 3.61. The second-order valence-electron chi connectivity index (χ2n) is 6.86. The topological polar surface area (TPSA) is 113 Å². The van der Waals surface area contributed by atoms with Crippen LogP contribution in [0.2, 0.25) is 0 Å². The van der Waals surface area contributed by atoms with Gasteiger partial charge in [0.25, 0.3) is 5.89 Å². The standard InChI is InChI=1S/C21H23N3O5/c1-3-6-13(2)14-9-10-24(18(27)12-25)19(14)20(28)22-11-16(26)21-23-15-7-4-5-8-17(15)29-21/h3-8,14,19,25H,1,9-12H2,2H3,(H,22,28)/b13-6+/t14-,19?/m1/s1. The van der Waals surface area contributed by atoms with Crippen LogP contribution in [-0.4, -0.2) is 58.3 Å². The zero-order chi connectivity index (χ0) is 21.0. The molecule has 152 valence electrons. The van der Waals surface area contributed by atoms with E-state index in [4.69, 9.17) is 4.42 Å². The monoisotopic (exact) mass is 397 g/mol. The van der Waals surface area contributed by atoms with Gasteiger partial charge in [0.1, 0.15) is 18.2 Å². The van der Waals surface area contributed by atoms with Crippen molar-refractivity contribution in [2.24, 2.45) is 5.92 Å². The molecule has 29 heavy (non-hydrogen) atoms. The molecule has 0 aliphatic carbocycles. The van der Waals surface area contributed by atoms with E-state index in [0.29, 0.717) is 24.1 Å². The van der Waals surface area contributed by atoms with Crippen LogP contribution in [0, 0.1) is 5.92 Å². The lowest BCUT2D eigenvalue weighted by Gasteiger charge is -2.27. The summed E-state index contributed by atoms with van der Waals surface area (Å²) in [6, 6.07) is 6.18. The molecular formula is C21H23N3O5. The van der Waals surface area contributed by atoms with E-state index in [-0.39, 0.29) is 18.4 Å². The van der Waals surface area contributed by atoms with E-state index in [1.807, 2.05) is 6.92 Å². The summed E-state index contributed by atoms with van der Waals surface area (Å²) in [5, 5.41) is 11.8. The summed E-state index contributed by atoms with van der Waals surface area (Å²) in [5.74, 6) is -1.76. The van der Waals surface area contributed by atoms with Crippen molar-refractivity contribution >= 4 is 28.7 Å². The Kier molecular flexibility index (Phi) is 6.23. The highest BCUT2D eigenvalue weighted by Gasteiger charge is 2.42. The SMILES string of the molecule is C=C/C=C(\C)[C@H]1CCN(C(=O)CO)C1C(=O)NCC(=O)c1nc2ccccc2o1. The minimum Gasteiger partial charge on any atom is -0.434 e. The molecule has 1 aromatic heterocycles. The summed E-state index contributed by atoms with van der Waals surface area (Å²) in [5.41, 5.74) is 1.95. The Balaban J connectivity index is 1.73. The minimum atomic E-state index is -0.803. The third-order valence-electron chi connectivity index (χ3n) is 5.04. The van der Waals surface area contributed by atoms with E-state index < -0.39 is 30.2 Å². The van der Waals surface area contributed by atoms with Crippen molar-refractivity contribution in [3.63, 3.8) is 0 Å².